The summed E-state index contributed by atoms with van der Waals surface area (Å²) in [5, 5.41) is 2.70. The van der Waals surface area contributed by atoms with E-state index in [1.54, 1.807) is 6.07 Å². The predicted molar refractivity (Wildman–Crippen MR) is 135 cm³/mol. The van der Waals surface area contributed by atoms with Gasteiger partial charge >= 0.3 is 0 Å². The molecule has 2 aromatic heterocycles. The number of carbonyl (C=O) groups is 1. The first kappa shape index (κ1) is 24.6. The van der Waals surface area contributed by atoms with E-state index in [0.29, 0.717) is 24.8 Å². The van der Waals surface area contributed by atoms with Crippen LogP contribution in [0.2, 0.25) is 0 Å². The smallest absolute Gasteiger partial charge is 0.255 e. The Balaban J connectivity index is 1.67. The molecule has 1 aliphatic heterocycles. The Bertz CT molecular complexity index is 1350. The van der Waals surface area contributed by atoms with Gasteiger partial charge in [-0.15, -0.1) is 0 Å². The second-order valence-corrected chi connectivity index (χ2v) is 10.5. The van der Waals surface area contributed by atoms with Crippen LogP contribution in [0.3, 0.4) is 0 Å². The molecule has 1 aromatic carbocycles. The monoisotopic (exact) mass is 496 g/mol. The van der Waals surface area contributed by atoms with Crippen molar-refractivity contribution in [3.05, 3.63) is 53.7 Å². The summed E-state index contributed by atoms with van der Waals surface area (Å²) >= 11 is 0. The van der Waals surface area contributed by atoms with Crippen molar-refractivity contribution >= 4 is 33.2 Å². The number of hydrogen-bond acceptors (Lipinski definition) is 9. The number of morpholine rings is 1. The van der Waals surface area contributed by atoms with Crippen molar-refractivity contribution in [2.45, 2.75) is 11.9 Å². The zero-order valence-corrected chi connectivity index (χ0v) is 21.0. The minimum atomic E-state index is -3.53. The Hall–Kier alpha value is -3.57. The fourth-order valence-electron chi connectivity index (χ4n) is 3.65. The third kappa shape index (κ3) is 5.75. The molecule has 3 heterocycles. The third-order valence-electron chi connectivity index (χ3n) is 5.58. The van der Waals surface area contributed by atoms with E-state index >= 15 is 0 Å². The van der Waals surface area contributed by atoms with Gasteiger partial charge in [0.25, 0.3) is 5.91 Å². The van der Waals surface area contributed by atoms with E-state index in [1.165, 1.54) is 18.3 Å². The van der Waals surface area contributed by atoms with Crippen LogP contribution >= 0.6 is 0 Å². The zero-order valence-electron chi connectivity index (χ0n) is 20.1. The van der Waals surface area contributed by atoms with Crippen molar-refractivity contribution in [1.29, 1.82) is 0 Å². The zero-order chi connectivity index (χ0) is 25.2. The maximum atomic E-state index is 12.8. The van der Waals surface area contributed by atoms with E-state index in [0.717, 1.165) is 42.0 Å². The highest BCUT2D eigenvalue weighted by Crippen LogP contribution is 2.29. The van der Waals surface area contributed by atoms with Crippen molar-refractivity contribution in [2.75, 3.05) is 61.8 Å². The van der Waals surface area contributed by atoms with E-state index in [9.17, 15) is 13.2 Å². The quantitative estimate of drug-likeness (QED) is 0.549. The molecule has 0 radical (unpaired) electrons. The number of ether oxygens (including phenoxy) is 1. The highest BCUT2D eigenvalue weighted by molar-refractivity contribution is 7.90. The highest BCUT2D eigenvalue weighted by atomic mass is 32.2. The summed E-state index contributed by atoms with van der Waals surface area (Å²) < 4.78 is 29.1. The van der Waals surface area contributed by atoms with E-state index in [2.05, 4.69) is 15.2 Å². The lowest BCUT2D eigenvalue weighted by Crippen LogP contribution is -2.37. The molecule has 1 aliphatic rings. The average Bonchev–Trinajstić information content (AvgIpc) is 2.85. The number of hydrogen-bond donors (Lipinski definition) is 1. The summed E-state index contributed by atoms with van der Waals surface area (Å²) in [5.74, 6) is 0.974. The molecule has 1 N–H and O–H groups in total. The van der Waals surface area contributed by atoms with E-state index in [-0.39, 0.29) is 10.6 Å². The average molecular weight is 497 g/mol. The van der Waals surface area contributed by atoms with Crippen LogP contribution in [-0.4, -0.2) is 75.9 Å². The largest absolute Gasteiger partial charge is 0.378 e. The molecular formula is C24H28N6O4S. The van der Waals surface area contributed by atoms with Crippen molar-refractivity contribution in [3.63, 3.8) is 0 Å². The van der Waals surface area contributed by atoms with Gasteiger partial charge in [-0.05, 0) is 36.8 Å². The fourth-order valence-corrected chi connectivity index (χ4v) is 4.24. The van der Waals surface area contributed by atoms with Gasteiger partial charge in [0.1, 0.15) is 5.82 Å². The number of rotatable bonds is 6. The second kappa shape index (κ2) is 9.96. The van der Waals surface area contributed by atoms with Gasteiger partial charge in [-0.2, -0.15) is 4.98 Å². The Kier molecular flexibility index (Phi) is 6.99. The first-order chi connectivity index (χ1) is 16.6. The minimum absolute atomic E-state index is 0.150. The number of carbonyl (C=O) groups excluding carboxylic acids is 1. The second-order valence-electron chi connectivity index (χ2n) is 8.54. The summed E-state index contributed by atoms with van der Waals surface area (Å²) in [6.07, 6.45) is 2.36. The minimum Gasteiger partial charge on any atom is -0.378 e. The molecule has 1 amide bonds. The molecule has 0 spiro atoms. The molecule has 0 aliphatic carbocycles. The van der Waals surface area contributed by atoms with Gasteiger partial charge in [0.2, 0.25) is 5.95 Å². The lowest BCUT2D eigenvalue weighted by Gasteiger charge is -2.29. The molecule has 0 saturated carbocycles. The number of nitrogens with one attached hydrogen (secondary N) is 1. The molecule has 1 saturated heterocycles. The molecule has 1 fully saturated rings. The Labute approximate surface area is 204 Å². The normalized spacial score (nSPS) is 14.0. The number of amides is 1. The first-order valence-electron chi connectivity index (χ1n) is 11.1. The maximum absolute atomic E-state index is 12.8. The van der Waals surface area contributed by atoms with Gasteiger partial charge in [-0.3, -0.25) is 4.79 Å². The van der Waals surface area contributed by atoms with Crippen molar-refractivity contribution in [2.24, 2.45) is 0 Å². The molecular weight excluding hydrogens is 468 g/mol. The molecule has 0 unspecified atom stereocenters. The summed E-state index contributed by atoms with van der Waals surface area (Å²) in [6.45, 7) is 4.77. The number of aryl methyl sites for hydroxylation is 1. The summed E-state index contributed by atoms with van der Waals surface area (Å²) in [6, 6.07) is 10.3. The number of sulfone groups is 1. The lowest BCUT2D eigenvalue weighted by molar-refractivity contribution is 0.102. The van der Waals surface area contributed by atoms with Crippen LogP contribution in [0.5, 0.6) is 0 Å². The maximum Gasteiger partial charge on any atom is 0.255 e. The van der Waals surface area contributed by atoms with Gasteiger partial charge in [0, 0.05) is 62.5 Å². The number of anilines is 3. The van der Waals surface area contributed by atoms with Crippen LogP contribution < -0.4 is 15.1 Å². The van der Waals surface area contributed by atoms with Gasteiger partial charge in [0.05, 0.1) is 18.9 Å². The Morgan fingerprint density at radius 2 is 1.83 bits per heavy atom. The molecule has 0 atom stereocenters. The van der Waals surface area contributed by atoms with E-state index < -0.39 is 15.7 Å². The number of benzene rings is 1. The van der Waals surface area contributed by atoms with Crippen LogP contribution in [0.25, 0.3) is 11.3 Å². The summed E-state index contributed by atoms with van der Waals surface area (Å²) in [4.78, 5) is 30.2. The van der Waals surface area contributed by atoms with Crippen LogP contribution in [0, 0.1) is 6.92 Å². The standard InChI is InChI=1S/C24H28N6O4S/c1-16-5-6-18(26-23(31)17-7-8-25-22(13-17)35(4,32)33)14-19(16)20-15-21(28-24(27-20)29(2)3)30-9-11-34-12-10-30/h5-8,13-15H,9-12H2,1-4H3,(H,26,31). The Morgan fingerprint density at radius 1 is 1.09 bits per heavy atom. The summed E-state index contributed by atoms with van der Waals surface area (Å²) in [7, 11) is 0.262. The summed E-state index contributed by atoms with van der Waals surface area (Å²) in [5.41, 5.74) is 3.35. The van der Waals surface area contributed by atoms with E-state index in [1.807, 2.05) is 44.1 Å². The molecule has 3 aromatic rings. The predicted octanol–water partition coefficient (Wildman–Crippen LogP) is 2.41. The number of pyridine rings is 1. The number of aromatic nitrogens is 3. The van der Waals surface area contributed by atoms with Crippen molar-refractivity contribution < 1.29 is 17.9 Å². The lowest BCUT2D eigenvalue weighted by atomic mass is 10.0. The van der Waals surface area contributed by atoms with Gasteiger partial charge in [-0.25, -0.2) is 18.4 Å². The van der Waals surface area contributed by atoms with Crippen LogP contribution in [0.15, 0.2) is 47.6 Å². The van der Waals surface area contributed by atoms with Crippen molar-refractivity contribution in [3.8, 4) is 11.3 Å². The van der Waals surface area contributed by atoms with Crippen LogP contribution in [0.4, 0.5) is 17.5 Å². The third-order valence-corrected chi connectivity index (χ3v) is 6.57. The van der Waals surface area contributed by atoms with E-state index in [4.69, 9.17) is 14.7 Å². The first-order valence-corrected chi connectivity index (χ1v) is 13.0. The fraction of sp³-hybridized carbons (Fsp3) is 0.333. The van der Waals surface area contributed by atoms with Crippen LogP contribution in [-0.2, 0) is 14.6 Å². The van der Waals surface area contributed by atoms with Crippen LogP contribution in [0.1, 0.15) is 15.9 Å². The van der Waals surface area contributed by atoms with Gasteiger partial charge < -0.3 is 19.9 Å². The molecule has 35 heavy (non-hydrogen) atoms. The SMILES string of the molecule is Cc1ccc(NC(=O)c2ccnc(S(C)(=O)=O)c2)cc1-c1cc(N2CCOCC2)nc(N(C)C)n1. The Morgan fingerprint density at radius 3 is 2.51 bits per heavy atom. The van der Waals surface area contributed by atoms with Crippen molar-refractivity contribution in [1.82, 2.24) is 15.0 Å². The topological polar surface area (TPSA) is 118 Å². The molecule has 184 valence electrons. The molecule has 10 nitrogen and oxygen atoms in total. The number of nitrogens with zero attached hydrogens (tertiary/aromatic N) is 5. The van der Waals surface area contributed by atoms with Gasteiger partial charge in [0.15, 0.2) is 14.9 Å². The highest BCUT2D eigenvalue weighted by Gasteiger charge is 2.18. The van der Waals surface area contributed by atoms with Gasteiger partial charge in [-0.1, -0.05) is 6.07 Å². The molecule has 0 bridgehead atoms. The molecule has 11 heteroatoms. The molecule has 4 rings (SSSR count).